The van der Waals surface area contributed by atoms with Gasteiger partial charge in [0.05, 0.1) is 0 Å². The number of aryl methyl sites for hydroxylation is 1. The molecule has 13 heavy (non-hydrogen) atoms. The van der Waals surface area contributed by atoms with E-state index in [1.54, 1.807) is 27.1 Å². The molecule has 0 radical (unpaired) electrons. The van der Waals surface area contributed by atoms with E-state index in [0.717, 1.165) is 5.69 Å². The minimum absolute atomic E-state index is 0.176. The van der Waals surface area contributed by atoms with Gasteiger partial charge in [0.15, 0.2) is 0 Å². The SMILES string of the molecule is Cc1ccc(C(=O)N(C)C)c(=O)[nH]1. The highest BCUT2D eigenvalue weighted by Crippen LogP contribution is 1.96. The Labute approximate surface area is 76.2 Å². The largest absolute Gasteiger partial charge is 0.345 e. The van der Waals surface area contributed by atoms with E-state index in [4.69, 9.17) is 0 Å². The van der Waals surface area contributed by atoms with Crippen LogP contribution in [0.2, 0.25) is 0 Å². The Kier molecular flexibility index (Phi) is 2.51. The summed E-state index contributed by atoms with van der Waals surface area (Å²) >= 11 is 0. The average Bonchev–Trinajstić information content (AvgIpc) is 2.03. The van der Waals surface area contributed by atoms with Gasteiger partial charge in [0, 0.05) is 19.8 Å². The maximum absolute atomic E-state index is 11.4. The third-order valence-corrected chi connectivity index (χ3v) is 1.69. The van der Waals surface area contributed by atoms with E-state index in [2.05, 4.69) is 4.98 Å². The van der Waals surface area contributed by atoms with Crippen LogP contribution in [0.3, 0.4) is 0 Å². The molecule has 1 aromatic rings. The molecule has 4 nitrogen and oxygen atoms in total. The van der Waals surface area contributed by atoms with Crippen molar-refractivity contribution in [1.82, 2.24) is 9.88 Å². The minimum Gasteiger partial charge on any atom is -0.345 e. The van der Waals surface area contributed by atoms with Crippen LogP contribution < -0.4 is 5.56 Å². The maximum atomic E-state index is 11.4. The fourth-order valence-electron chi connectivity index (χ4n) is 0.981. The highest BCUT2D eigenvalue weighted by molar-refractivity contribution is 5.93. The predicted molar refractivity (Wildman–Crippen MR) is 49.8 cm³/mol. The maximum Gasteiger partial charge on any atom is 0.260 e. The predicted octanol–water partition coefficient (Wildman–Crippen LogP) is 0.385. The Hall–Kier alpha value is -1.58. The highest BCUT2D eigenvalue weighted by atomic mass is 16.2. The zero-order valence-electron chi connectivity index (χ0n) is 7.92. The molecule has 0 saturated carbocycles. The quantitative estimate of drug-likeness (QED) is 0.679. The molecule has 0 bridgehead atoms. The molecule has 1 N–H and O–H groups in total. The first-order valence-electron chi connectivity index (χ1n) is 3.94. The molecule has 0 aliphatic carbocycles. The number of aromatic amines is 1. The van der Waals surface area contributed by atoms with Gasteiger partial charge < -0.3 is 9.88 Å². The van der Waals surface area contributed by atoms with Crippen molar-refractivity contribution in [2.75, 3.05) is 14.1 Å². The normalized spacial score (nSPS) is 9.77. The van der Waals surface area contributed by atoms with Crippen LogP contribution in [0, 0.1) is 6.92 Å². The van der Waals surface area contributed by atoms with Gasteiger partial charge in [-0.25, -0.2) is 0 Å². The number of aromatic nitrogens is 1. The van der Waals surface area contributed by atoms with Crippen molar-refractivity contribution < 1.29 is 4.79 Å². The van der Waals surface area contributed by atoms with Crippen LogP contribution in [-0.2, 0) is 0 Å². The lowest BCUT2D eigenvalue weighted by atomic mass is 10.2. The first-order chi connectivity index (χ1) is 6.02. The second-order valence-electron chi connectivity index (χ2n) is 3.08. The summed E-state index contributed by atoms with van der Waals surface area (Å²) in [5.74, 6) is -0.277. The number of pyridine rings is 1. The number of carbonyl (C=O) groups excluding carboxylic acids is 1. The van der Waals surface area contributed by atoms with Crippen LogP contribution >= 0.6 is 0 Å². The summed E-state index contributed by atoms with van der Waals surface area (Å²) in [5, 5.41) is 0. The van der Waals surface area contributed by atoms with Crippen molar-refractivity contribution in [3.63, 3.8) is 0 Å². The molecule has 1 heterocycles. The van der Waals surface area contributed by atoms with Crippen molar-refractivity contribution in [1.29, 1.82) is 0 Å². The molecule has 0 unspecified atom stereocenters. The minimum atomic E-state index is -0.335. The molecule has 4 heteroatoms. The third-order valence-electron chi connectivity index (χ3n) is 1.69. The zero-order chi connectivity index (χ0) is 10.0. The van der Waals surface area contributed by atoms with E-state index in [1.807, 2.05) is 0 Å². The summed E-state index contributed by atoms with van der Waals surface area (Å²) in [6.07, 6.45) is 0. The number of hydrogen-bond acceptors (Lipinski definition) is 2. The van der Waals surface area contributed by atoms with Crippen molar-refractivity contribution in [2.24, 2.45) is 0 Å². The second kappa shape index (κ2) is 3.43. The van der Waals surface area contributed by atoms with Crippen LogP contribution in [0.1, 0.15) is 16.1 Å². The van der Waals surface area contributed by atoms with Crippen LogP contribution in [0.25, 0.3) is 0 Å². The van der Waals surface area contributed by atoms with Gasteiger partial charge in [0.2, 0.25) is 0 Å². The molecule has 0 atom stereocenters. The topological polar surface area (TPSA) is 53.2 Å². The Morgan fingerprint density at radius 3 is 2.46 bits per heavy atom. The number of nitrogens with one attached hydrogen (secondary N) is 1. The summed E-state index contributed by atoms with van der Waals surface area (Å²) in [4.78, 5) is 26.6. The monoisotopic (exact) mass is 180 g/mol. The molecule has 0 aromatic carbocycles. The number of hydrogen-bond donors (Lipinski definition) is 1. The summed E-state index contributed by atoms with van der Waals surface area (Å²) < 4.78 is 0. The Morgan fingerprint density at radius 2 is 2.00 bits per heavy atom. The van der Waals surface area contributed by atoms with E-state index in [9.17, 15) is 9.59 Å². The van der Waals surface area contributed by atoms with Crippen molar-refractivity contribution in [3.8, 4) is 0 Å². The van der Waals surface area contributed by atoms with Gasteiger partial charge in [-0.1, -0.05) is 0 Å². The van der Waals surface area contributed by atoms with Crippen LogP contribution in [0.5, 0.6) is 0 Å². The van der Waals surface area contributed by atoms with Crippen LogP contribution in [0.4, 0.5) is 0 Å². The molecular weight excluding hydrogens is 168 g/mol. The highest BCUT2D eigenvalue weighted by Gasteiger charge is 2.11. The molecule has 1 aromatic heterocycles. The van der Waals surface area contributed by atoms with Crippen LogP contribution in [-0.4, -0.2) is 29.9 Å². The summed E-state index contributed by atoms with van der Waals surface area (Å²) in [7, 11) is 3.23. The van der Waals surface area contributed by atoms with Gasteiger partial charge >= 0.3 is 0 Å². The van der Waals surface area contributed by atoms with E-state index in [1.165, 1.54) is 11.0 Å². The number of amides is 1. The van der Waals surface area contributed by atoms with Crippen molar-refractivity contribution in [3.05, 3.63) is 33.7 Å². The molecule has 0 spiro atoms. The zero-order valence-corrected chi connectivity index (χ0v) is 7.92. The average molecular weight is 180 g/mol. The fraction of sp³-hybridized carbons (Fsp3) is 0.333. The van der Waals surface area contributed by atoms with Gasteiger partial charge in [-0.15, -0.1) is 0 Å². The number of nitrogens with zero attached hydrogens (tertiary/aromatic N) is 1. The lowest BCUT2D eigenvalue weighted by Crippen LogP contribution is -2.28. The summed E-state index contributed by atoms with van der Waals surface area (Å²) in [5.41, 5.74) is 0.592. The molecule has 0 aliphatic heterocycles. The van der Waals surface area contributed by atoms with Crippen molar-refractivity contribution >= 4 is 5.91 Å². The fourth-order valence-corrected chi connectivity index (χ4v) is 0.981. The molecular formula is C9H12N2O2. The lowest BCUT2D eigenvalue weighted by molar-refractivity contribution is 0.0826. The first-order valence-corrected chi connectivity index (χ1v) is 3.94. The third kappa shape index (κ3) is 1.96. The smallest absolute Gasteiger partial charge is 0.260 e. The molecule has 0 aliphatic rings. The van der Waals surface area contributed by atoms with E-state index in [-0.39, 0.29) is 17.0 Å². The number of H-pyrrole nitrogens is 1. The van der Waals surface area contributed by atoms with Gasteiger partial charge in [0.1, 0.15) is 5.56 Å². The Bertz CT molecular complexity index is 379. The van der Waals surface area contributed by atoms with Crippen molar-refractivity contribution in [2.45, 2.75) is 6.92 Å². The van der Waals surface area contributed by atoms with E-state index in [0.29, 0.717) is 0 Å². The molecule has 1 amide bonds. The molecule has 70 valence electrons. The number of carbonyl (C=O) groups is 1. The molecule has 0 saturated heterocycles. The number of rotatable bonds is 1. The summed E-state index contributed by atoms with van der Waals surface area (Å²) in [6.45, 7) is 1.77. The van der Waals surface area contributed by atoms with Gasteiger partial charge in [-0.2, -0.15) is 0 Å². The standard InChI is InChI=1S/C9H12N2O2/c1-6-4-5-7(8(12)10-6)9(13)11(2)3/h4-5H,1-3H3,(H,10,12). The Balaban J connectivity index is 3.17. The first kappa shape index (κ1) is 9.51. The van der Waals surface area contributed by atoms with Gasteiger partial charge in [0.25, 0.3) is 11.5 Å². The van der Waals surface area contributed by atoms with E-state index >= 15 is 0 Å². The summed E-state index contributed by atoms with van der Waals surface area (Å²) in [6, 6.07) is 3.24. The molecule has 1 rings (SSSR count). The van der Waals surface area contributed by atoms with Gasteiger partial charge in [-0.3, -0.25) is 9.59 Å². The van der Waals surface area contributed by atoms with Gasteiger partial charge in [-0.05, 0) is 19.1 Å². The van der Waals surface area contributed by atoms with E-state index < -0.39 is 0 Å². The Morgan fingerprint density at radius 1 is 1.38 bits per heavy atom. The lowest BCUT2D eigenvalue weighted by Gasteiger charge is -2.08. The second-order valence-corrected chi connectivity index (χ2v) is 3.08. The van der Waals surface area contributed by atoms with Crippen LogP contribution in [0.15, 0.2) is 16.9 Å². The molecule has 0 fully saturated rings.